The predicted octanol–water partition coefficient (Wildman–Crippen LogP) is 2.45. The van der Waals surface area contributed by atoms with Gasteiger partial charge in [0.1, 0.15) is 5.82 Å². The van der Waals surface area contributed by atoms with Crippen molar-refractivity contribution < 1.29 is 4.39 Å². The third kappa shape index (κ3) is 3.46. The average Bonchev–Trinajstić information content (AvgIpc) is 3.23. The van der Waals surface area contributed by atoms with Crippen LogP contribution >= 0.6 is 11.3 Å². The Morgan fingerprint density at radius 1 is 1.28 bits per heavy atom. The molecule has 1 aromatic heterocycles. The Balaban J connectivity index is 1.36. The van der Waals surface area contributed by atoms with Crippen LogP contribution in [-0.4, -0.2) is 48.6 Å². The van der Waals surface area contributed by atoms with Gasteiger partial charge < -0.3 is 15.5 Å². The van der Waals surface area contributed by atoms with Crippen LogP contribution in [0.15, 0.2) is 40.8 Å². The number of nitrogens with zero attached hydrogens (tertiary/aromatic N) is 4. The summed E-state index contributed by atoms with van der Waals surface area (Å²) in [6.45, 7) is 4.14. The number of guanidine groups is 1. The Morgan fingerprint density at radius 2 is 2.08 bits per heavy atom. The summed E-state index contributed by atoms with van der Waals surface area (Å²) in [6.07, 6.45) is 3.93. The highest BCUT2D eigenvalue weighted by molar-refractivity contribution is 7.13. The van der Waals surface area contributed by atoms with Crippen LogP contribution in [0.3, 0.4) is 0 Å². The zero-order valence-corrected chi connectivity index (χ0v) is 14.9. The number of thiazole rings is 1. The van der Waals surface area contributed by atoms with Crippen LogP contribution in [0.2, 0.25) is 0 Å². The fraction of sp³-hybridized carbons (Fsp3) is 0.444. The van der Waals surface area contributed by atoms with Crippen molar-refractivity contribution in [2.45, 2.75) is 18.3 Å². The van der Waals surface area contributed by atoms with Crippen molar-refractivity contribution in [2.75, 3.05) is 37.6 Å². The van der Waals surface area contributed by atoms with E-state index in [1.165, 1.54) is 6.07 Å². The number of benzene rings is 1. The van der Waals surface area contributed by atoms with E-state index in [2.05, 4.69) is 19.8 Å². The van der Waals surface area contributed by atoms with Crippen molar-refractivity contribution in [2.24, 2.45) is 10.7 Å². The van der Waals surface area contributed by atoms with E-state index in [9.17, 15) is 4.39 Å². The van der Waals surface area contributed by atoms with Gasteiger partial charge in [-0.3, -0.25) is 4.99 Å². The molecule has 0 unspecified atom stereocenters. The molecule has 132 valence electrons. The first-order chi connectivity index (χ1) is 12.2. The van der Waals surface area contributed by atoms with Gasteiger partial charge in [-0.2, -0.15) is 0 Å². The molecule has 0 bridgehead atoms. The van der Waals surface area contributed by atoms with Crippen LogP contribution < -0.4 is 10.6 Å². The number of hydrogen-bond donors (Lipinski definition) is 1. The van der Waals surface area contributed by atoms with Crippen LogP contribution in [0.5, 0.6) is 0 Å². The van der Waals surface area contributed by atoms with E-state index < -0.39 is 0 Å². The average molecular weight is 359 g/mol. The third-order valence-electron chi connectivity index (χ3n) is 5.13. The van der Waals surface area contributed by atoms with Crippen molar-refractivity contribution in [3.05, 3.63) is 47.2 Å². The maximum atomic E-state index is 13.5. The standard InChI is InChI=1S/C18H22FN5S/c19-15-3-1-2-14(12-15)18(4-5-18)13-22-16(20)23-7-9-24(10-8-23)17-21-6-11-25-17/h1-3,6,11-12H,4-5,7-10,13H2,(H2,20,22). The van der Waals surface area contributed by atoms with Crippen molar-refractivity contribution in [3.8, 4) is 0 Å². The number of rotatable bonds is 4. The second-order valence-corrected chi connectivity index (χ2v) is 7.63. The molecular formula is C18H22FN5S. The van der Waals surface area contributed by atoms with E-state index >= 15 is 0 Å². The Kier molecular flexibility index (Phi) is 4.33. The zero-order valence-electron chi connectivity index (χ0n) is 14.1. The Bertz CT molecular complexity index is 749. The van der Waals surface area contributed by atoms with E-state index in [1.54, 1.807) is 23.5 Å². The smallest absolute Gasteiger partial charge is 0.191 e. The molecule has 0 atom stereocenters. The molecule has 5 nitrogen and oxygen atoms in total. The van der Waals surface area contributed by atoms with Crippen molar-refractivity contribution in [3.63, 3.8) is 0 Å². The summed E-state index contributed by atoms with van der Waals surface area (Å²) in [6, 6.07) is 6.88. The molecule has 2 aromatic rings. The van der Waals surface area contributed by atoms with Crippen molar-refractivity contribution in [1.29, 1.82) is 0 Å². The second-order valence-electron chi connectivity index (χ2n) is 6.75. The van der Waals surface area contributed by atoms with Crippen molar-refractivity contribution in [1.82, 2.24) is 9.88 Å². The highest BCUT2D eigenvalue weighted by Crippen LogP contribution is 2.48. The number of aromatic nitrogens is 1. The molecule has 2 N–H and O–H groups in total. The molecule has 2 aliphatic rings. The largest absolute Gasteiger partial charge is 0.370 e. The molecule has 1 aliphatic carbocycles. The quantitative estimate of drug-likeness (QED) is 0.673. The molecule has 2 fully saturated rings. The van der Waals surface area contributed by atoms with Gasteiger partial charge in [0.15, 0.2) is 11.1 Å². The molecule has 25 heavy (non-hydrogen) atoms. The summed E-state index contributed by atoms with van der Waals surface area (Å²) < 4.78 is 13.5. The Morgan fingerprint density at radius 3 is 2.72 bits per heavy atom. The lowest BCUT2D eigenvalue weighted by atomic mass is 9.96. The Labute approximate surface area is 151 Å². The molecule has 1 aliphatic heterocycles. The summed E-state index contributed by atoms with van der Waals surface area (Å²) in [4.78, 5) is 13.4. The second kappa shape index (κ2) is 6.63. The van der Waals surface area contributed by atoms with Crippen LogP contribution in [0.25, 0.3) is 0 Å². The van der Waals surface area contributed by atoms with Gasteiger partial charge in [-0.25, -0.2) is 9.37 Å². The molecule has 1 saturated heterocycles. The molecule has 1 saturated carbocycles. The first-order valence-corrected chi connectivity index (χ1v) is 9.50. The van der Waals surface area contributed by atoms with Gasteiger partial charge in [0.25, 0.3) is 0 Å². The van der Waals surface area contributed by atoms with E-state index in [4.69, 9.17) is 5.73 Å². The molecule has 0 radical (unpaired) electrons. The maximum Gasteiger partial charge on any atom is 0.191 e. The lowest BCUT2D eigenvalue weighted by molar-refractivity contribution is 0.380. The number of aliphatic imine (C=N–C) groups is 1. The van der Waals surface area contributed by atoms with Gasteiger partial charge in [-0.15, -0.1) is 11.3 Å². The number of hydrogen-bond acceptors (Lipinski definition) is 4. The minimum absolute atomic E-state index is 0.0184. The number of nitrogens with two attached hydrogens (primary N) is 1. The van der Waals surface area contributed by atoms with Gasteiger partial charge in [0.05, 0.1) is 6.54 Å². The molecule has 7 heteroatoms. The van der Waals surface area contributed by atoms with E-state index in [1.807, 2.05) is 17.6 Å². The SMILES string of the molecule is NC(=NCC1(c2cccc(F)c2)CC1)N1CCN(c2nccs2)CC1. The van der Waals surface area contributed by atoms with E-state index in [0.29, 0.717) is 12.5 Å². The summed E-state index contributed by atoms with van der Waals surface area (Å²) >= 11 is 1.66. The first-order valence-electron chi connectivity index (χ1n) is 8.62. The topological polar surface area (TPSA) is 57.8 Å². The van der Waals surface area contributed by atoms with Gasteiger partial charge in [-0.05, 0) is 30.5 Å². The molecule has 1 aromatic carbocycles. The molecular weight excluding hydrogens is 337 g/mol. The summed E-state index contributed by atoms with van der Waals surface area (Å²) in [5.74, 6) is 0.417. The van der Waals surface area contributed by atoms with Crippen LogP contribution in [-0.2, 0) is 5.41 Å². The van der Waals surface area contributed by atoms with Crippen LogP contribution in [0.1, 0.15) is 18.4 Å². The lowest BCUT2D eigenvalue weighted by Crippen LogP contribution is -2.51. The summed E-state index contributed by atoms with van der Waals surface area (Å²) in [7, 11) is 0. The lowest BCUT2D eigenvalue weighted by Gasteiger charge is -2.35. The predicted molar refractivity (Wildman–Crippen MR) is 99.7 cm³/mol. The van der Waals surface area contributed by atoms with Crippen LogP contribution in [0.4, 0.5) is 9.52 Å². The van der Waals surface area contributed by atoms with E-state index in [0.717, 1.165) is 49.7 Å². The molecule has 0 amide bonds. The monoisotopic (exact) mass is 359 g/mol. The highest BCUT2D eigenvalue weighted by atomic mass is 32.1. The minimum atomic E-state index is -0.181. The highest BCUT2D eigenvalue weighted by Gasteiger charge is 2.44. The number of anilines is 1. The third-order valence-corrected chi connectivity index (χ3v) is 5.96. The Hall–Kier alpha value is -2.15. The summed E-state index contributed by atoms with van der Waals surface area (Å²) in [5, 5.41) is 3.07. The van der Waals surface area contributed by atoms with Crippen LogP contribution in [0, 0.1) is 5.82 Å². The fourth-order valence-corrected chi connectivity index (χ4v) is 4.04. The van der Waals surface area contributed by atoms with Gasteiger partial charge in [0.2, 0.25) is 0 Å². The maximum absolute atomic E-state index is 13.5. The molecule has 4 rings (SSSR count). The molecule has 0 spiro atoms. The van der Waals surface area contributed by atoms with E-state index in [-0.39, 0.29) is 11.2 Å². The van der Waals surface area contributed by atoms with Gasteiger partial charge >= 0.3 is 0 Å². The fourth-order valence-electron chi connectivity index (χ4n) is 3.34. The minimum Gasteiger partial charge on any atom is -0.370 e. The molecule has 2 heterocycles. The van der Waals surface area contributed by atoms with Crippen molar-refractivity contribution >= 4 is 22.4 Å². The number of piperazine rings is 1. The van der Waals surface area contributed by atoms with Gasteiger partial charge in [0, 0.05) is 43.2 Å². The normalized spacial score (nSPS) is 20.0. The zero-order chi connectivity index (χ0) is 17.3. The van der Waals surface area contributed by atoms with Gasteiger partial charge in [-0.1, -0.05) is 12.1 Å². The number of halogens is 1. The summed E-state index contributed by atoms with van der Waals surface area (Å²) in [5.41, 5.74) is 7.25. The first kappa shape index (κ1) is 16.3.